The van der Waals surface area contributed by atoms with Crippen molar-refractivity contribution in [3.05, 3.63) is 26.3 Å². The summed E-state index contributed by atoms with van der Waals surface area (Å²) < 4.78 is 0.720. The molecule has 0 aliphatic carbocycles. The second-order valence-corrected chi connectivity index (χ2v) is 3.42. The van der Waals surface area contributed by atoms with E-state index in [1.165, 1.54) is 0 Å². The molecule has 0 unspecified atom stereocenters. The van der Waals surface area contributed by atoms with Gasteiger partial charge < -0.3 is 5.73 Å². The molecule has 1 rings (SSSR count). The summed E-state index contributed by atoms with van der Waals surface area (Å²) in [5.41, 5.74) is 6.61. The van der Waals surface area contributed by atoms with E-state index < -0.39 is 0 Å². The third kappa shape index (κ3) is 1.57. The Hall–Kier alpha value is -0.470. The van der Waals surface area contributed by atoms with E-state index in [0.717, 1.165) is 3.57 Å². The van der Waals surface area contributed by atoms with Crippen molar-refractivity contribution in [3.8, 4) is 6.07 Å². The summed E-state index contributed by atoms with van der Waals surface area (Å²) >= 11 is 7.70. The zero-order valence-electron chi connectivity index (χ0n) is 5.44. The van der Waals surface area contributed by atoms with Gasteiger partial charge in [-0.1, -0.05) is 11.6 Å². The van der Waals surface area contributed by atoms with Crippen LogP contribution < -0.4 is 5.73 Å². The van der Waals surface area contributed by atoms with Crippen LogP contribution in [-0.4, -0.2) is 0 Å². The van der Waals surface area contributed by atoms with Gasteiger partial charge in [0.05, 0.1) is 19.8 Å². The molecule has 0 bridgehead atoms. The number of benzene rings is 1. The Labute approximate surface area is 83.1 Å². The summed E-state index contributed by atoms with van der Waals surface area (Å²) in [4.78, 5) is 0. The zero-order chi connectivity index (χ0) is 8.43. The lowest BCUT2D eigenvalue weighted by molar-refractivity contribution is 1.46. The van der Waals surface area contributed by atoms with Crippen LogP contribution in [0.3, 0.4) is 0 Å². The van der Waals surface area contributed by atoms with E-state index in [9.17, 15) is 0 Å². The van der Waals surface area contributed by atoms with Gasteiger partial charge in [0, 0.05) is 0 Å². The lowest BCUT2D eigenvalue weighted by atomic mass is 10.2. The van der Waals surface area contributed by atoms with E-state index in [2.05, 4.69) is 0 Å². The fraction of sp³-hybridized carbons (Fsp3) is 0. The predicted octanol–water partition coefficient (Wildman–Crippen LogP) is 2.40. The molecule has 0 spiro atoms. The monoisotopic (exact) mass is 278 g/mol. The Bertz CT molecular complexity index is 330. The molecular formula is C7H4ClIN2. The molecule has 1 aromatic carbocycles. The van der Waals surface area contributed by atoms with Crippen LogP contribution in [0.5, 0.6) is 0 Å². The standard InChI is InChI=1S/C7H4ClIN2/c8-5-2-1-4(3-10)6(9)7(5)11/h1-2H,11H2. The second kappa shape index (κ2) is 3.28. The summed E-state index contributed by atoms with van der Waals surface area (Å²) in [7, 11) is 0. The largest absolute Gasteiger partial charge is 0.397 e. The first-order valence-corrected chi connectivity index (χ1v) is 4.26. The van der Waals surface area contributed by atoms with Gasteiger partial charge in [0.2, 0.25) is 0 Å². The Morgan fingerprint density at radius 1 is 1.55 bits per heavy atom. The first-order valence-electron chi connectivity index (χ1n) is 2.80. The number of rotatable bonds is 0. The maximum absolute atomic E-state index is 8.58. The van der Waals surface area contributed by atoms with Crippen molar-refractivity contribution in [1.82, 2.24) is 0 Å². The third-order valence-corrected chi connectivity index (χ3v) is 2.74. The number of anilines is 1. The van der Waals surface area contributed by atoms with Crippen molar-refractivity contribution in [2.24, 2.45) is 0 Å². The minimum absolute atomic E-state index is 0.478. The summed E-state index contributed by atoms with van der Waals surface area (Å²) in [6.07, 6.45) is 0. The molecule has 0 aliphatic rings. The Balaban J connectivity index is 3.40. The van der Waals surface area contributed by atoms with Gasteiger partial charge in [-0.25, -0.2) is 0 Å². The highest BCUT2D eigenvalue weighted by atomic mass is 127. The number of nitrogens with zero attached hydrogens (tertiary/aromatic N) is 1. The van der Waals surface area contributed by atoms with Crippen molar-refractivity contribution in [2.45, 2.75) is 0 Å². The molecule has 0 saturated heterocycles. The first-order chi connectivity index (χ1) is 5.16. The quantitative estimate of drug-likeness (QED) is 0.585. The van der Waals surface area contributed by atoms with E-state index in [1.54, 1.807) is 12.1 Å². The summed E-state index contributed by atoms with van der Waals surface area (Å²) in [5, 5.41) is 9.07. The number of hydrogen-bond acceptors (Lipinski definition) is 2. The van der Waals surface area contributed by atoms with Crippen molar-refractivity contribution >= 4 is 39.9 Å². The molecule has 0 saturated carbocycles. The molecule has 0 amide bonds. The van der Waals surface area contributed by atoms with E-state index in [1.807, 2.05) is 28.7 Å². The van der Waals surface area contributed by atoms with Gasteiger partial charge in [0.15, 0.2) is 0 Å². The topological polar surface area (TPSA) is 49.8 Å². The normalized spacial score (nSPS) is 9.18. The number of hydrogen-bond donors (Lipinski definition) is 1. The van der Waals surface area contributed by atoms with E-state index >= 15 is 0 Å². The van der Waals surface area contributed by atoms with E-state index in [0.29, 0.717) is 16.3 Å². The van der Waals surface area contributed by atoms with Gasteiger partial charge in [-0.05, 0) is 34.7 Å². The van der Waals surface area contributed by atoms with Crippen LogP contribution >= 0.6 is 34.2 Å². The summed E-state index contributed by atoms with van der Waals surface area (Å²) in [5.74, 6) is 0. The molecule has 2 nitrogen and oxygen atoms in total. The number of nitrogen functional groups attached to an aromatic ring is 1. The number of nitriles is 1. The van der Waals surface area contributed by atoms with Crippen LogP contribution in [0.1, 0.15) is 5.56 Å². The van der Waals surface area contributed by atoms with Gasteiger partial charge >= 0.3 is 0 Å². The van der Waals surface area contributed by atoms with Crippen LogP contribution in [0.15, 0.2) is 12.1 Å². The fourth-order valence-corrected chi connectivity index (χ4v) is 1.56. The van der Waals surface area contributed by atoms with E-state index in [4.69, 9.17) is 22.6 Å². The molecule has 0 aromatic heterocycles. The van der Waals surface area contributed by atoms with Gasteiger partial charge in [-0.2, -0.15) is 5.26 Å². The van der Waals surface area contributed by atoms with Gasteiger partial charge in [-0.3, -0.25) is 0 Å². The first kappa shape index (κ1) is 8.62. The molecule has 4 heteroatoms. The summed E-state index contributed by atoms with van der Waals surface area (Å²) in [6, 6.07) is 5.29. The van der Waals surface area contributed by atoms with E-state index in [-0.39, 0.29) is 0 Å². The van der Waals surface area contributed by atoms with Crippen LogP contribution in [0.2, 0.25) is 5.02 Å². The van der Waals surface area contributed by atoms with Crippen LogP contribution in [-0.2, 0) is 0 Å². The molecule has 1 aromatic rings. The van der Waals surface area contributed by atoms with Gasteiger partial charge in [0.1, 0.15) is 6.07 Å². The highest BCUT2D eigenvalue weighted by Gasteiger charge is 2.05. The van der Waals surface area contributed by atoms with Gasteiger partial charge in [-0.15, -0.1) is 0 Å². The average molecular weight is 278 g/mol. The molecule has 0 radical (unpaired) electrons. The molecule has 0 aliphatic heterocycles. The minimum Gasteiger partial charge on any atom is -0.397 e. The van der Waals surface area contributed by atoms with Crippen molar-refractivity contribution < 1.29 is 0 Å². The molecule has 2 N–H and O–H groups in total. The van der Waals surface area contributed by atoms with Crippen molar-refractivity contribution in [2.75, 3.05) is 5.73 Å². The van der Waals surface area contributed by atoms with Gasteiger partial charge in [0.25, 0.3) is 0 Å². The van der Waals surface area contributed by atoms with Crippen molar-refractivity contribution in [1.29, 1.82) is 5.26 Å². The van der Waals surface area contributed by atoms with Crippen LogP contribution in [0.25, 0.3) is 0 Å². The molecule has 0 fully saturated rings. The average Bonchev–Trinajstić information content (AvgIpc) is 2.01. The minimum atomic E-state index is 0.478. The Morgan fingerprint density at radius 2 is 2.18 bits per heavy atom. The molecule has 0 heterocycles. The third-order valence-electron chi connectivity index (χ3n) is 1.25. The molecule has 0 atom stereocenters. The smallest absolute Gasteiger partial charge is 0.100 e. The highest BCUT2D eigenvalue weighted by molar-refractivity contribution is 14.1. The lowest BCUT2D eigenvalue weighted by Crippen LogP contribution is -1.93. The number of nitrogens with two attached hydrogens (primary N) is 1. The SMILES string of the molecule is N#Cc1ccc(Cl)c(N)c1I. The maximum atomic E-state index is 8.58. The maximum Gasteiger partial charge on any atom is 0.100 e. The Kier molecular flexibility index (Phi) is 2.58. The second-order valence-electron chi connectivity index (χ2n) is 1.93. The van der Waals surface area contributed by atoms with Crippen LogP contribution in [0, 0.1) is 14.9 Å². The van der Waals surface area contributed by atoms with Crippen molar-refractivity contribution in [3.63, 3.8) is 0 Å². The molecule has 56 valence electrons. The molecule has 11 heavy (non-hydrogen) atoms. The predicted molar refractivity (Wildman–Crippen MR) is 53.3 cm³/mol. The molecular weight excluding hydrogens is 274 g/mol. The fourth-order valence-electron chi connectivity index (χ4n) is 0.656. The Morgan fingerprint density at radius 3 is 2.73 bits per heavy atom. The van der Waals surface area contributed by atoms with Crippen LogP contribution in [0.4, 0.5) is 5.69 Å². The lowest BCUT2D eigenvalue weighted by Gasteiger charge is -2.01. The highest BCUT2D eigenvalue weighted by Crippen LogP contribution is 2.26. The number of halogens is 2. The zero-order valence-corrected chi connectivity index (χ0v) is 8.35. The summed E-state index contributed by atoms with van der Waals surface area (Å²) in [6.45, 7) is 0.